The lowest BCUT2D eigenvalue weighted by Gasteiger charge is -2.27. The van der Waals surface area contributed by atoms with Gasteiger partial charge in [-0.3, -0.25) is 4.79 Å². The number of ether oxygens (including phenoxy) is 1. The van der Waals surface area contributed by atoms with E-state index in [4.69, 9.17) is 16.3 Å². The molecule has 1 saturated heterocycles. The van der Waals surface area contributed by atoms with E-state index in [2.05, 4.69) is 5.32 Å². The number of rotatable bonds is 3. The van der Waals surface area contributed by atoms with E-state index in [9.17, 15) is 4.79 Å². The van der Waals surface area contributed by atoms with Gasteiger partial charge in [-0.05, 0) is 36.8 Å². The maximum absolute atomic E-state index is 12.8. The van der Waals surface area contributed by atoms with Gasteiger partial charge in [0.15, 0.2) is 0 Å². The first-order chi connectivity index (χ1) is 11.2. The Hall–Kier alpha value is -2.04. The molecule has 2 aromatic carbocycles. The smallest absolute Gasteiger partial charge is 0.256 e. The van der Waals surface area contributed by atoms with Crippen molar-refractivity contribution in [1.82, 2.24) is 4.90 Å². The van der Waals surface area contributed by atoms with Crippen LogP contribution < -0.4 is 5.32 Å². The molecule has 5 heteroatoms. The van der Waals surface area contributed by atoms with Crippen molar-refractivity contribution in [2.75, 3.05) is 31.6 Å². The summed E-state index contributed by atoms with van der Waals surface area (Å²) in [7, 11) is 0. The Kier molecular flexibility index (Phi) is 4.84. The van der Waals surface area contributed by atoms with Crippen molar-refractivity contribution in [2.24, 2.45) is 0 Å². The van der Waals surface area contributed by atoms with Gasteiger partial charge in [0.25, 0.3) is 5.91 Å². The molecule has 0 unspecified atom stereocenters. The van der Waals surface area contributed by atoms with Crippen molar-refractivity contribution < 1.29 is 9.53 Å². The van der Waals surface area contributed by atoms with Crippen LogP contribution in [0.5, 0.6) is 0 Å². The number of amides is 1. The van der Waals surface area contributed by atoms with E-state index >= 15 is 0 Å². The first-order valence-corrected chi connectivity index (χ1v) is 8.03. The SMILES string of the molecule is Cc1c(Cl)cccc1Nc1ccccc1C(=O)N1CCOCC1. The van der Waals surface area contributed by atoms with E-state index in [0.717, 1.165) is 16.9 Å². The standard InChI is InChI=1S/C18H19ClN2O2/c1-13-15(19)6-4-8-16(13)20-17-7-3-2-5-14(17)18(22)21-9-11-23-12-10-21/h2-8,20H,9-12H2,1H3. The second kappa shape index (κ2) is 7.02. The molecule has 0 spiro atoms. The fourth-order valence-corrected chi connectivity index (χ4v) is 2.78. The Bertz CT molecular complexity index is 712. The van der Waals surface area contributed by atoms with Crippen LogP contribution in [0.1, 0.15) is 15.9 Å². The van der Waals surface area contributed by atoms with Crippen LogP contribution in [0.15, 0.2) is 42.5 Å². The number of nitrogens with one attached hydrogen (secondary N) is 1. The van der Waals surface area contributed by atoms with Crippen LogP contribution in [0.2, 0.25) is 5.02 Å². The predicted octanol–water partition coefficient (Wildman–Crippen LogP) is 3.86. The fraction of sp³-hybridized carbons (Fsp3) is 0.278. The van der Waals surface area contributed by atoms with Crippen molar-refractivity contribution in [1.29, 1.82) is 0 Å². The van der Waals surface area contributed by atoms with E-state index in [0.29, 0.717) is 36.9 Å². The number of para-hydroxylation sites is 1. The molecule has 1 amide bonds. The third-order valence-corrected chi connectivity index (χ3v) is 4.40. The molecule has 0 aromatic heterocycles. The Balaban J connectivity index is 1.88. The van der Waals surface area contributed by atoms with Gasteiger partial charge < -0.3 is 15.0 Å². The van der Waals surface area contributed by atoms with E-state index in [1.807, 2.05) is 54.3 Å². The van der Waals surface area contributed by atoms with E-state index in [-0.39, 0.29) is 5.91 Å². The Morgan fingerprint density at radius 1 is 1.09 bits per heavy atom. The number of carbonyl (C=O) groups is 1. The summed E-state index contributed by atoms with van der Waals surface area (Å²) in [5.41, 5.74) is 3.31. The van der Waals surface area contributed by atoms with Crippen molar-refractivity contribution in [3.05, 3.63) is 58.6 Å². The molecule has 3 rings (SSSR count). The maximum Gasteiger partial charge on any atom is 0.256 e. The van der Waals surface area contributed by atoms with Gasteiger partial charge in [0, 0.05) is 23.8 Å². The molecular formula is C18H19ClN2O2. The summed E-state index contributed by atoms with van der Waals surface area (Å²) in [6.45, 7) is 4.40. The van der Waals surface area contributed by atoms with E-state index in [1.54, 1.807) is 0 Å². The van der Waals surface area contributed by atoms with Gasteiger partial charge in [-0.2, -0.15) is 0 Å². The lowest BCUT2D eigenvalue weighted by molar-refractivity contribution is 0.0303. The summed E-state index contributed by atoms with van der Waals surface area (Å²) in [5.74, 6) is 0.0241. The molecule has 0 radical (unpaired) electrons. The summed E-state index contributed by atoms with van der Waals surface area (Å²) in [6.07, 6.45) is 0. The predicted molar refractivity (Wildman–Crippen MR) is 92.6 cm³/mol. The summed E-state index contributed by atoms with van der Waals surface area (Å²) in [5, 5.41) is 4.04. The number of benzene rings is 2. The van der Waals surface area contributed by atoms with Gasteiger partial charge in [-0.1, -0.05) is 29.8 Å². The highest BCUT2D eigenvalue weighted by molar-refractivity contribution is 6.31. The molecule has 0 aliphatic carbocycles. The molecule has 0 saturated carbocycles. The Labute approximate surface area is 141 Å². The molecule has 0 atom stereocenters. The minimum Gasteiger partial charge on any atom is -0.378 e. The summed E-state index contributed by atoms with van der Waals surface area (Å²) in [6, 6.07) is 13.3. The normalized spacial score (nSPS) is 14.6. The second-order valence-electron chi connectivity index (χ2n) is 5.49. The van der Waals surface area contributed by atoms with Crippen molar-refractivity contribution in [2.45, 2.75) is 6.92 Å². The lowest BCUT2D eigenvalue weighted by Crippen LogP contribution is -2.40. The number of hydrogen-bond acceptors (Lipinski definition) is 3. The molecule has 0 bridgehead atoms. The zero-order valence-corrected chi connectivity index (χ0v) is 13.8. The average molecular weight is 331 g/mol. The fourth-order valence-electron chi connectivity index (χ4n) is 2.60. The Morgan fingerprint density at radius 2 is 1.78 bits per heavy atom. The molecule has 1 fully saturated rings. The highest BCUT2D eigenvalue weighted by atomic mass is 35.5. The molecule has 23 heavy (non-hydrogen) atoms. The average Bonchev–Trinajstić information content (AvgIpc) is 2.60. The van der Waals surface area contributed by atoms with Gasteiger partial charge >= 0.3 is 0 Å². The minimum atomic E-state index is 0.0241. The summed E-state index contributed by atoms with van der Waals surface area (Å²) < 4.78 is 5.32. The largest absolute Gasteiger partial charge is 0.378 e. The summed E-state index contributed by atoms with van der Waals surface area (Å²) in [4.78, 5) is 14.6. The van der Waals surface area contributed by atoms with Gasteiger partial charge in [0.1, 0.15) is 0 Å². The molecule has 120 valence electrons. The van der Waals surface area contributed by atoms with Crippen molar-refractivity contribution >= 4 is 28.9 Å². The zero-order valence-electron chi connectivity index (χ0n) is 13.0. The minimum absolute atomic E-state index is 0.0241. The van der Waals surface area contributed by atoms with Crippen molar-refractivity contribution in [3.63, 3.8) is 0 Å². The molecule has 1 aliphatic heterocycles. The number of anilines is 2. The number of halogens is 1. The molecular weight excluding hydrogens is 312 g/mol. The van der Waals surface area contributed by atoms with Gasteiger partial charge in [-0.15, -0.1) is 0 Å². The number of hydrogen-bond donors (Lipinski definition) is 1. The zero-order chi connectivity index (χ0) is 16.2. The molecule has 4 nitrogen and oxygen atoms in total. The highest BCUT2D eigenvalue weighted by Gasteiger charge is 2.21. The number of morpholine rings is 1. The number of nitrogens with zero attached hydrogens (tertiary/aromatic N) is 1. The quantitative estimate of drug-likeness (QED) is 0.929. The van der Waals surface area contributed by atoms with Crippen LogP contribution in [-0.4, -0.2) is 37.1 Å². The Morgan fingerprint density at radius 3 is 2.57 bits per heavy atom. The van der Waals surface area contributed by atoms with E-state index < -0.39 is 0 Å². The molecule has 1 heterocycles. The molecule has 1 aliphatic rings. The van der Waals surface area contributed by atoms with Crippen LogP contribution >= 0.6 is 11.6 Å². The first kappa shape index (κ1) is 15.8. The lowest BCUT2D eigenvalue weighted by atomic mass is 10.1. The summed E-state index contributed by atoms with van der Waals surface area (Å²) >= 11 is 6.18. The third kappa shape index (κ3) is 3.49. The maximum atomic E-state index is 12.8. The molecule has 1 N–H and O–H groups in total. The van der Waals surface area contributed by atoms with Gasteiger partial charge in [-0.25, -0.2) is 0 Å². The van der Waals surface area contributed by atoms with Crippen molar-refractivity contribution in [3.8, 4) is 0 Å². The third-order valence-electron chi connectivity index (χ3n) is 3.99. The monoisotopic (exact) mass is 330 g/mol. The molecule has 2 aromatic rings. The highest BCUT2D eigenvalue weighted by Crippen LogP contribution is 2.28. The van der Waals surface area contributed by atoms with Crippen LogP contribution in [0.3, 0.4) is 0 Å². The first-order valence-electron chi connectivity index (χ1n) is 7.65. The topological polar surface area (TPSA) is 41.6 Å². The van der Waals surface area contributed by atoms with Crippen LogP contribution in [0, 0.1) is 6.92 Å². The van der Waals surface area contributed by atoms with Crippen LogP contribution in [0.25, 0.3) is 0 Å². The number of carbonyl (C=O) groups excluding carboxylic acids is 1. The van der Waals surface area contributed by atoms with Gasteiger partial charge in [0.2, 0.25) is 0 Å². The van der Waals surface area contributed by atoms with Crippen LogP contribution in [0.4, 0.5) is 11.4 Å². The second-order valence-corrected chi connectivity index (χ2v) is 5.89. The van der Waals surface area contributed by atoms with Gasteiger partial charge in [0.05, 0.1) is 24.5 Å². The van der Waals surface area contributed by atoms with Crippen LogP contribution in [-0.2, 0) is 4.74 Å². The van der Waals surface area contributed by atoms with E-state index in [1.165, 1.54) is 0 Å².